The van der Waals surface area contributed by atoms with Crippen LogP contribution >= 0.6 is 0 Å². The van der Waals surface area contributed by atoms with Gasteiger partial charge in [0.25, 0.3) is 0 Å². The molecule has 1 N–H and O–H groups in total. The van der Waals surface area contributed by atoms with Crippen LogP contribution in [0.5, 0.6) is 0 Å². The Bertz CT molecular complexity index is 418. The third kappa shape index (κ3) is 5.47. The molecule has 1 aromatic rings. The lowest BCUT2D eigenvalue weighted by Crippen LogP contribution is -2.34. The maximum atomic E-state index is 3.81. The highest BCUT2D eigenvalue weighted by Gasteiger charge is 2.19. The molecule has 2 rings (SSSR count). The van der Waals surface area contributed by atoms with E-state index in [0.29, 0.717) is 6.04 Å². The van der Waals surface area contributed by atoms with E-state index in [1.165, 1.54) is 62.5 Å². The van der Waals surface area contributed by atoms with Gasteiger partial charge in [0, 0.05) is 6.04 Å². The molecule has 1 saturated carbocycles. The van der Waals surface area contributed by atoms with E-state index in [0.717, 1.165) is 12.5 Å². The highest BCUT2D eigenvalue weighted by Crippen LogP contribution is 2.28. The first kappa shape index (κ1) is 16.5. The van der Waals surface area contributed by atoms with Crippen LogP contribution in [0, 0.1) is 19.8 Å². The number of benzene rings is 1. The van der Waals surface area contributed by atoms with Crippen molar-refractivity contribution < 1.29 is 0 Å². The molecule has 21 heavy (non-hydrogen) atoms. The molecule has 118 valence electrons. The minimum atomic E-state index is 0.661. The van der Waals surface area contributed by atoms with Crippen LogP contribution < -0.4 is 5.32 Å². The van der Waals surface area contributed by atoms with Crippen molar-refractivity contribution in [3.63, 3.8) is 0 Å². The van der Waals surface area contributed by atoms with Crippen LogP contribution in [-0.4, -0.2) is 12.6 Å². The van der Waals surface area contributed by atoms with E-state index in [1.54, 1.807) is 5.56 Å². The van der Waals surface area contributed by atoms with Crippen molar-refractivity contribution in [3.8, 4) is 0 Å². The summed E-state index contributed by atoms with van der Waals surface area (Å²) in [6.07, 6.45) is 11.1. The molecule has 1 unspecified atom stereocenters. The van der Waals surface area contributed by atoms with Gasteiger partial charge in [-0.15, -0.1) is 0 Å². The molecule has 0 radical (unpaired) electrons. The highest BCUT2D eigenvalue weighted by molar-refractivity contribution is 5.31. The zero-order chi connectivity index (χ0) is 15.1. The molecular weight excluding hydrogens is 254 g/mol. The molecule has 1 nitrogen and oxygen atoms in total. The van der Waals surface area contributed by atoms with Crippen molar-refractivity contribution in [1.82, 2.24) is 5.32 Å². The zero-order valence-electron chi connectivity index (χ0n) is 14.3. The second-order valence-corrected chi connectivity index (χ2v) is 7.02. The van der Waals surface area contributed by atoms with E-state index in [9.17, 15) is 0 Å². The first-order valence-electron chi connectivity index (χ1n) is 8.98. The number of nitrogens with one attached hydrogen (secondary N) is 1. The normalized spacial score (nSPS) is 17.9. The fraction of sp³-hybridized carbons (Fsp3) is 0.700. The molecule has 1 aliphatic rings. The van der Waals surface area contributed by atoms with Gasteiger partial charge in [-0.1, -0.05) is 62.8 Å². The Hall–Kier alpha value is -0.820. The summed E-state index contributed by atoms with van der Waals surface area (Å²) >= 11 is 0. The Labute approximate surface area is 131 Å². The fourth-order valence-electron chi connectivity index (χ4n) is 3.70. The SMILES string of the molecule is CCCNC(Cc1cc(C)ccc1C)CC1CCCCC1. The molecule has 0 heterocycles. The molecule has 1 aromatic carbocycles. The largest absolute Gasteiger partial charge is 0.314 e. The minimum Gasteiger partial charge on any atom is -0.314 e. The molecule has 0 saturated heterocycles. The Balaban J connectivity index is 1.98. The maximum absolute atomic E-state index is 3.81. The molecule has 0 spiro atoms. The number of hydrogen-bond acceptors (Lipinski definition) is 1. The average Bonchev–Trinajstić information content (AvgIpc) is 2.49. The first-order chi connectivity index (χ1) is 10.2. The predicted octanol–water partition coefficient (Wildman–Crippen LogP) is 5.18. The Kier molecular flexibility index (Phi) is 6.76. The summed E-state index contributed by atoms with van der Waals surface area (Å²) < 4.78 is 0. The summed E-state index contributed by atoms with van der Waals surface area (Å²) in [7, 11) is 0. The lowest BCUT2D eigenvalue weighted by molar-refractivity contribution is 0.296. The van der Waals surface area contributed by atoms with E-state index in [2.05, 4.69) is 44.3 Å². The molecule has 0 aliphatic heterocycles. The van der Waals surface area contributed by atoms with Crippen molar-refractivity contribution in [2.75, 3.05) is 6.54 Å². The van der Waals surface area contributed by atoms with Crippen LogP contribution in [0.2, 0.25) is 0 Å². The van der Waals surface area contributed by atoms with Gasteiger partial charge in [-0.3, -0.25) is 0 Å². The van der Waals surface area contributed by atoms with E-state index in [-0.39, 0.29) is 0 Å². The van der Waals surface area contributed by atoms with E-state index < -0.39 is 0 Å². The first-order valence-corrected chi connectivity index (χ1v) is 8.98. The fourth-order valence-corrected chi connectivity index (χ4v) is 3.70. The molecule has 1 heteroatoms. The van der Waals surface area contributed by atoms with Crippen molar-refractivity contribution in [1.29, 1.82) is 0 Å². The Morgan fingerprint density at radius 2 is 1.90 bits per heavy atom. The van der Waals surface area contributed by atoms with E-state index in [1.807, 2.05) is 0 Å². The van der Waals surface area contributed by atoms with Gasteiger partial charge in [0.15, 0.2) is 0 Å². The average molecular weight is 287 g/mol. The number of rotatable bonds is 7. The summed E-state index contributed by atoms with van der Waals surface area (Å²) in [4.78, 5) is 0. The molecule has 1 aliphatic carbocycles. The third-order valence-electron chi connectivity index (χ3n) is 5.00. The Morgan fingerprint density at radius 3 is 2.62 bits per heavy atom. The Morgan fingerprint density at radius 1 is 1.14 bits per heavy atom. The second kappa shape index (κ2) is 8.58. The van der Waals surface area contributed by atoms with Crippen LogP contribution in [0.3, 0.4) is 0 Å². The predicted molar refractivity (Wildman–Crippen MR) is 92.9 cm³/mol. The van der Waals surface area contributed by atoms with Gasteiger partial charge in [0.05, 0.1) is 0 Å². The van der Waals surface area contributed by atoms with Crippen LogP contribution in [0.4, 0.5) is 0 Å². The van der Waals surface area contributed by atoms with Crippen LogP contribution in [-0.2, 0) is 6.42 Å². The summed E-state index contributed by atoms with van der Waals surface area (Å²) in [5.41, 5.74) is 4.38. The summed E-state index contributed by atoms with van der Waals surface area (Å²) in [5, 5.41) is 3.81. The molecular formula is C20H33N. The summed E-state index contributed by atoms with van der Waals surface area (Å²) in [6.45, 7) is 7.88. The minimum absolute atomic E-state index is 0.661. The van der Waals surface area contributed by atoms with Crippen molar-refractivity contribution in [3.05, 3.63) is 34.9 Å². The highest BCUT2D eigenvalue weighted by atomic mass is 14.9. The van der Waals surface area contributed by atoms with Gasteiger partial charge in [0.1, 0.15) is 0 Å². The van der Waals surface area contributed by atoms with Crippen molar-refractivity contribution >= 4 is 0 Å². The standard InChI is InChI=1S/C20H33N/c1-4-12-21-20(14-18-8-6-5-7-9-18)15-19-13-16(2)10-11-17(19)3/h10-11,13,18,20-21H,4-9,12,14-15H2,1-3H3. The lowest BCUT2D eigenvalue weighted by atomic mass is 9.83. The van der Waals surface area contributed by atoms with E-state index in [4.69, 9.17) is 0 Å². The van der Waals surface area contributed by atoms with Gasteiger partial charge in [-0.2, -0.15) is 0 Å². The van der Waals surface area contributed by atoms with Crippen LogP contribution in [0.15, 0.2) is 18.2 Å². The number of aryl methyl sites for hydroxylation is 2. The smallest absolute Gasteiger partial charge is 0.0110 e. The topological polar surface area (TPSA) is 12.0 Å². The lowest BCUT2D eigenvalue weighted by Gasteiger charge is -2.28. The van der Waals surface area contributed by atoms with Crippen molar-refractivity contribution in [2.24, 2.45) is 5.92 Å². The van der Waals surface area contributed by atoms with Gasteiger partial charge >= 0.3 is 0 Å². The molecule has 1 atom stereocenters. The van der Waals surface area contributed by atoms with Gasteiger partial charge < -0.3 is 5.32 Å². The zero-order valence-corrected chi connectivity index (χ0v) is 14.3. The van der Waals surface area contributed by atoms with Gasteiger partial charge in [0.2, 0.25) is 0 Å². The van der Waals surface area contributed by atoms with E-state index >= 15 is 0 Å². The summed E-state index contributed by atoms with van der Waals surface area (Å²) in [5.74, 6) is 0.957. The van der Waals surface area contributed by atoms with Gasteiger partial charge in [-0.05, 0) is 56.7 Å². The monoisotopic (exact) mass is 287 g/mol. The molecule has 1 fully saturated rings. The molecule has 0 aromatic heterocycles. The molecule has 0 amide bonds. The number of hydrogen-bond donors (Lipinski definition) is 1. The second-order valence-electron chi connectivity index (χ2n) is 7.02. The quantitative estimate of drug-likeness (QED) is 0.728. The van der Waals surface area contributed by atoms with Crippen molar-refractivity contribution in [2.45, 2.75) is 78.2 Å². The van der Waals surface area contributed by atoms with Crippen LogP contribution in [0.1, 0.15) is 68.6 Å². The third-order valence-corrected chi connectivity index (χ3v) is 5.00. The molecule has 0 bridgehead atoms. The summed E-state index contributed by atoms with van der Waals surface area (Å²) in [6, 6.07) is 7.56. The van der Waals surface area contributed by atoms with Crippen LogP contribution in [0.25, 0.3) is 0 Å². The van der Waals surface area contributed by atoms with Gasteiger partial charge in [-0.25, -0.2) is 0 Å². The maximum Gasteiger partial charge on any atom is 0.0110 e.